The van der Waals surface area contributed by atoms with Crippen LogP contribution in [0, 0.1) is 5.92 Å². The molecule has 6 heteroatoms. The number of hydrogen-bond acceptors (Lipinski definition) is 5. The van der Waals surface area contributed by atoms with Crippen molar-refractivity contribution in [2.45, 2.75) is 6.42 Å². The first-order valence-corrected chi connectivity index (χ1v) is 6.17. The van der Waals surface area contributed by atoms with Crippen molar-refractivity contribution in [1.82, 2.24) is 20.2 Å². The molecule has 0 amide bonds. The van der Waals surface area contributed by atoms with E-state index in [4.69, 9.17) is 5.73 Å². The molecule has 0 radical (unpaired) electrons. The van der Waals surface area contributed by atoms with Crippen molar-refractivity contribution in [2.75, 3.05) is 24.5 Å². The van der Waals surface area contributed by atoms with Crippen LogP contribution in [0.2, 0.25) is 0 Å². The van der Waals surface area contributed by atoms with Crippen LogP contribution in [-0.4, -0.2) is 39.8 Å². The molecule has 1 aliphatic heterocycles. The molecule has 1 unspecified atom stereocenters. The first-order valence-electron chi connectivity index (χ1n) is 6.17. The molecular weight excluding hydrogens is 228 g/mol. The number of nitrogens with two attached hydrogens (primary N) is 1. The Bertz CT molecular complexity index is 508. The van der Waals surface area contributed by atoms with Gasteiger partial charge in [-0.3, -0.25) is 0 Å². The minimum atomic E-state index is 0.547. The summed E-state index contributed by atoms with van der Waals surface area (Å²) >= 11 is 0. The first-order chi connectivity index (χ1) is 8.88. The maximum atomic E-state index is 5.71. The second kappa shape index (κ2) is 4.73. The number of rotatable bonds is 3. The van der Waals surface area contributed by atoms with Crippen molar-refractivity contribution in [2.24, 2.45) is 11.7 Å². The standard InChI is InChI=1S/C12H16N6/c13-8-10-6-7-17(9-10)12-14-15-16-18(12)11-4-2-1-3-5-11/h1-5,10H,6-9,13H2. The Morgan fingerprint density at radius 1 is 1.28 bits per heavy atom. The summed E-state index contributed by atoms with van der Waals surface area (Å²) in [5.41, 5.74) is 6.69. The highest BCUT2D eigenvalue weighted by Crippen LogP contribution is 2.22. The number of aromatic nitrogens is 4. The van der Waals surface area contributed by atoms with Crippen LogP contribution in [-0.2, 0) is 0 Å². The molecule has 6 nitrogen and oxygen atoms in total. The van der Waals surface area contributed by atoms with E-state index >= 15 is 0 Å². The molecule has 1 fully saturated rings. The van der Waals surface area contributed by atoms with Crippen molar-refractivity contribution < 1.29 is 0 Å². The predicted molar refractivity (Wildman–Crippen MR) is 68.5 cm³/mol. The van der Waals surface area contributed by atoms with Gasteiger partial charge in [0, 0.05) is 13.1 Å². The normalized spacial score (nSPS) is 19.4. The molecule has 0 bridgehead atoms. The van der Waals surface area contributed by atoms with E-state index in [1.165, 1.54) is 0 Å². The van der Waals surface area contributed by atoms with Gasteiger partial charge in [0.2, 0.25) is 5.95 Å². The van der Waals surface area contributed by atoms with Crippen LogP contribution in [0.25, 0.3) is 5.69 Å². The zero-order chi connectivity index (χ0) is 12.4. The molecule has 2 heterocycles. The average molecular weight is 244 g/mol. The summed E-state index contributed by atoms with van der Waals surface area (Å²) in [6, 6.07) is 9.93. The molecule has 0 spiro atoms. The smallest absolute Gasteiger partial charge is 0.250 e. The molecule has 0 aliphatic carbocycles. The Hall–Kier alpha value is -1.95. The molecular formula is C12H16N6. The summed E-state index contributed by atoms with van der Waals surface area (Å²) in [6.07, 6.45) is 1.11. The molecule has 1 aromatic carbocycles. The second-order valence-electron chi connectivity index (χ2n) is 4.56. The number of benzene rings is 1. The summed E-state index contributed by atoms with van der Waals surface area (Å²) in [7, 11) is 0. The quantitative estimate of drug-likeness (QED) is 0.848. The lowest BCUT2D eigenvalue weighted by Gasteiger charge is -2.16. The number of anilines is 1. The van der Waals surface area contributed by atoms with Crippen molar-refractivity contribution in [1.29, 1.82) is 0 Å². The van der Waals surface area contributed by atoms with Crippen LogP contribution in [0.15, 0.2) is 30.3 Å². The van der Waals surface area contributed by atoms with Crippen molar-refractivity contribution in [3.8, 4) is 5.69 Å². The Morgan fingerprint density at radius 2 is 2.11 bits per heavy atom. The minimum absolute atomic E-state index is 0.547. The van der Waals surface area contributed by atoms with E-state index in [0.29, 0.717) is 5.92 Å². The zero-order valence-electron chi connectivity index (χ0n) is 10.1. The largest absolute Gasteiger partial charge is 0.339 e. The highest BCUT2D eigenvalue weighted by atomic mass is 15.6. The van der Waals surface area contributed by atoms with Gasteiger partial charge < -0.3 is 10.6 Å². The highest BCUT2D eigenvalue weighted by molar-refractivity contribution is 5.41. The Balaban J connectivity index is 1.89. The second-order valence-corrected chi connectivity index (χ2v) is 4.56. The molecule has 3 rings (SSSR count). The fourth-order valence-corrected chi connectivity index (χ4v) is 2.32. The zero-order valence-corrected chi connectivity index (χ0v) is 10.1. The van der Waals surface area contributed by atoms with Gasteiger partial charge in [0.05, 0.1) is 5.69 Å². The Labute approximate surface area is 105 Å². The van der Waals surface area contributed by atoms with Gasteiger partial charge in [0.1, 0.15) is 0 Å². The number of para-hydroxylation sites is 1. The van der Waals surface area contributed by atoms with Crippen molar-refractivity contribution in [3.63, 3.8) is 0 Å². The fourth-order valence-electron chi connectivity index (χ4n) is 2.32. The van der Waals surface area contributed by atoms with Crippen LogP contribution in [0.4, 0.5) is 5.95 Å². The maximum absolute atomic E-state index is 5.71. The number of nitrogens with zero attached hydrogens (tertiary/aromatic N) is 5. The molecule has 94 valence electrons. The van der Waals surface area contributed by atoms with Crippen LogP contribution in [0.1, 0.15) is 6.42 Å². The topological polar surface area (TPSA) is 72.9 Å². The Kier molecular flexibility index (Phi) is 2.93. The fraction of sp³-hybridized carbons (Fsp3) is 0.417. The van der Waals surface area contributed by atoms with Gasteiger partial charge in [-0.1, -0.05) is 23.3 Å². The van der Waals surface area contributed by atoms with E-state index < -0.39 is 0 Å². The highest BCUT2D eigenvalue weighted by Gasteiger charge is 2.25. The first kappa shape index (κ1) is 11.2. The summed E-state index contributed by atoms with van der Waals surface area (Å²) in [5, 5.41) is 12.0. The third-order valence-electron chi connectivity index (χ3n) is 3.36. The monoisotopic (exact) mass is 244 g/mol. The van der Waals surface area contributed by atoms with Gasteiger partial charge in [-0.05, 0) is 41.4 Å². The van der Waals surface area contributed by atoms with Crippen LogP contribution in [0.5, 0.6) is 0 Å². The van der Waals surface area contributed by atoms with E-state index in [2.05, 4.69) is 20.4 Å². The lowest BCUT2D eigenvalue weighted by atomic mass is 10.1. The third kappa shape index (κ3) is 1.95. The summed E-state index contributed by atoms with van der Waals surface area (Å²) < 4.78 is 1.78. The molecule has 2 aromatic rings. The molecule has 1 aromatic heterocycles. The van der Waals surface area contributed by atoms with E-state index in [1.807, 2.05) is 30.3 Å². The van der Waals surface area contributed by atoms with Gasteiger partial charge in [0.15, 0.2) is 0 Å². The van der Waals surface area contributed by atoms with Crippen molar-refractivity contribution >= 4 is 5.95 Å². The number of hydrogen-bond donors (Lipinski definition) is 1. The van der Waals surface area contributed by atoms with Crippen molar-refractivity contribution in [3.05, 3.63) is 30.3 Å². The molecule has 2 N–H and O–H groups in total. The van der Waals surface area contributed by atoms with E-state index in [1.54, 1.807) is 4.68 Å². The molecule has 18 heavy (non-hydrogen) atoms. The van der Waals surface area contributed by atoms with Gasteiger partial charge in [-0.25, -0.2) is 0 Å². The Morgan fingerprint density at radius 3 is 2.83 bits per heavy atom. The third-order valence-corrected chi connectivity index (χ3v) is 3.36. The molecule has 1 saturated heterocycles. The average Bonchev–Trinajstić information content (AvgIpc) is 3.08. The van der Waals surface area contributed by atoms with E-state index in [0.717, 1.165) is 37.7 Å². The van der Waals surface area contributed by atoms with E-state index in [9.17, 15) is 0 Å². The van der Waals surface area contributed by atoms with Gasteiger partial charge >= 0.3 is 0 Å². The number of tetrazole rings is 1. The van der Waals surface area contributed by atoms with E-state index in [-0.39, 0.29) is 0 Å². The van der Waals surface area contributed by atoms with Crippen LogP contribution < -0.4 is 10.6 Å². The van der Waals surface area contributed by atoms with Crippen LogP contribution in [0.3, 0.4) is 0 Å². The van der Waals surface area contributed by atoms with Gasteiger partial charge in [-0.2, -0.15) is 4.68 Å². The predicted octanol–water partition coefficient (Wildman–Crippen LogP) is 0.447. The van der Waals surface area contributed by atoms with Gasteiger partial charge in [-0.15, -0.1) is 0 Å². The summed E-state index contributed by atoms with van der Waals surface area (Å²) in [5.74, 6) is 1.35. The van der Waals surface area contributed by atoms with Crippen LogP contribution >= 0.6 is 0 Å². The lowest BCUT2D eigenvalue weighted by Crippen LogP contribution is -2.25. The molecule has 1 atom stereocenters. The molecule has 1 aliphatic rings. The maximum Gasteiger partial charge on any atom is 0.250 e. The molecule has 0 saturated carbocycles. The minimum Gasteiger partial charge on any atom is -0.339 e. The van der Waals surface area contributed by atoms with Gasteiger partial charge in [0.25, 0.3) is 0 Å². The SMILES string of the molecule is NCC1CCN(c2nnnn2-c2ccccc2)C1. The lowest BCUT2D eigenvalue weighted by molar-refractivity contribution is 0.601. The summed E-state index contributed by atoms with van der Waals surface area (Å²) in [4.78, 5) is 2.20. The summed E-state index contributed by atoms with van der Waals surface area (Å²) in [6.45, 7) is 2.63.